The first kappa shape index (κ1) is 16.8. The largest absolute Gasteiger partial charge is 0.410 e. The molecule has 4 rings (SSSR count). The van der Waals surface area contributed by atoms with Crippen molar-refractivity contribution in [2.45, 2.75) is 17.4 Å². The molecule has 130 valence electrons. The highest BCUT2D eigenvalue weighted by atomic mass is 32.2. The van der Waals surface area contributed by atoms with Gasteiger partial charge in [0, 0.05) is 11.1 Å². The van der Waals surface area contributed by atoms with Crippen LogP contribution in [0.25, 0.3) is 21.5 Å². The van der Waals surface area contributed by atoms with Gasteiger partial charge in [0.25, 0.3) is 11.1 Å². The number of thiophene rings is 1. The fourth-order valence-corrected chi connectivity index (χ4v) is 3.86. The third-order valence-electron chi connectivity index (χ3n) is 3.83. The molecule has 1 atom stereocenters. The topological polar surface area (TPSA) is 68.0 Å². The van der Waals surface area contributed by atoms with Crippen molar-refractivity contribution in [3.05, 3.63) is 60.0 Å². The van der Waals surface area contributed by atoms with Crippen molar-refractivity contribution in [3.8, 4) is 10.8 Å². The highest BCUT2D eigenvalue weighted by molar-refractivity contribution is 8.00. The van der Waals surface area contributed by atoms with Crippen LogP contribution in [0, 0.1) is 0 Å². The van der Waals surface area contributed by atoms with E-state index in [1.54, 1.807) is 0 Å². The first-order valence-electron chi connectivity index (χ1n) is 8.03. The maximum absolute atomic E-state index is 12.6. The summed E-state index contributed by atoms with van der Waals surface area (Å²) < 4.78 is 5.64. The molecular weight excluding hydrogens is 366 g/mol. The van der Waals surface area contributed by atoms with E-state index in [0.29, 0.717) is 11.1 Å². The van der Waals surface area contributed by atoms with E-state index in [0.717, 1.165) is 21.3 Å². The average Bonchev–Trinajstić information content (AvgIpc) is 3.33. The van der Waals surface area contributed by atoms with Crippen LogP contribution in [0.4, 0.5) is 5.69 Å². The smallest absolute Gasteiger partial charge is 0.277 e. The lowest BCUT2D eigenvalue weighted by molar-refractivity contribution is -0.115. The summed E-state index contributed by atoms with van der Waals surface area (Å²) >= 11 is 2.78. The van der Waals surface area contributed by atoms with Crippen LogP contribution in [-0.4, -0.2) is 21.4 Å². The van der Waals surface area contributed by atoms with Crippen LogP contribution < -0.4 is 5.32 Å². The molecule has 2 heterocycles. The molecule has 0 spiro atoms. The Kier molecular flexibility index (Phi) is 4.73. The molecule has 2 aromatic carbocycles. The van der Waals surface area contributed by atoms with Gasteiger partial charge in [0.1, 0.15) is 0 Å². The van der Waals surface area contributed by atoms with Gasteiger partial charge in [0.05, 0.1) is 10.1 Å². The van der Waals surface area contributed by atoms with E-state index in [1.165, 1.54) is 23.1 Å². The number of anilines is 1. The van der Waals surface area contributed by atoms with E-state index >= 15 is 0 Å². The Morgan fingerprint density at radius 1 is 1.12 bits per heavy atom. The standard InChI is InChI=1S/C19H15N3O2S2/c1-12(26-19-22-21-18(24-19)16-10-5-11-25-16)17(23)20-15-9-4-7-13-6-2-3-8-14(13)15/h2-12H,1H3,(H,20,23)/t12-/m1/s1. The number of amides is 1. The Morgan fingerprint density at radius 3 is 2.81 bits per heavy atom. The first-order chi connectivity index (χ1) is 12.7. The predicted octanol–water partition coefficient (Wildman–Crippen LogP) is 5.07. The van der Waals surface area contributed by atoms with Crippen LogP contribution in [0.15, 0.2) is 69.6 Å². The number of thioether (sulfide) groups is 1. The zero-order chi connectivity index (χ0) is 17.9. The minimum absolute atomic E-state index is 0.109. The van der Waals surface area contributed by atoms with Gasteiger partial charge in [-0.3, -0.25) is 4.79 Å². The molecule has 0 aliphatic rings. The summed E-state index contributed by atoms with van der Waals surface area (Å²) in [5.41, 5.74) is 0.797. The Balaban J connectivity index is 1.46. The Labute approximate surface area is 158 Å². The summed E-state index contributed by atoms with van der Waals surface area (Å²) in [6.07, 6.45) is 0. The molecule has 0 aliphatic carbocycles. The van der Waals surface area contributed by atoms with Crippen LogP contribution >= 0.6 is 23.1 Å². The molecule has 0 fully saturated rings. The third kappa shape index (κ3) is 3.49. The Bertz CT molecular complexity index is 1040. The first-order valence-corrected chi connectivity index (χ1v) is 9.79. The van der Waals surface area contributed by atoms with E-state index in [-0.39, 0.29) is 11.2 Å². The van der Waals surface area contributed by atoms with E-state index < -0.39 is 0 Å². The quantitative estimate of drug-likeness (QED) is 0.489. The molecule has 26 heavy (non-hydrogen) atoms. The van der Waals surface area contributed by atoms with E-state index in [4.69, 9.17) is 4.42 Å². The number of carbonyl (C=O) groups excluding carboxylic acids is 1. The number of fused-ring (bicyclic) bond motifs is 1. The fourth-order valence-electron chi connectivity index (χ4n) is 2.53. The fraction of sp³-hybridized carbons (Fsp3) is 0.105. The maximum Gasteiger partial charge on any atom is 0.277 e. The Morgan fingerprint density at radius 2 is 1.96 bits per heavy atom. The van der Waals surface area contributed by atoms with Crippen molar-refractivity contribution < 1.29 is 9.21 Å². The molecule has 1 amide bonds. The van der Waals surface area contributed by atoms with Crippen LogP contribution in [0.2, 0.25) is 0 Å². The van der Waals surface area contributed by atoms with Gasteiger partial charge in [-0.05, 0) is 29.8 Å². The van der Waals surface area contributed by atoms with Gasteiger partial charge in [0.15, 0.2) is 0 Å². The molecule has 0 unspecified atom stereocenters. The second-order valence-corrected chi connectivity index (χ2v) is 7.87. The summed E-state index contributed by atoms with van der Waals surface area (Å²) in [7, 11) is 0. The molecule has 0 aliphatic heterocycles. The Hall–Kier alpha value is -2.64. The van der Waals surface area contributed by atoms with Crippen LogP contribution in [-0.2, 0) is 4.79 Å². The van der Waals surface area contributed by atoms with Gasteiger partial charge in [0.2, 0.25) is 5.91 Å². The SMILES string of the molecule is C[C@@H](Sc1nnc(-c2cccs2)o1)C(=O)Nc1cccc2ccccc12. The third-order valence-corrected chi connectivity index (χ3v) is 5.62. The lowest BCUT2D eigenvalue weighted by Crippen LogP contribution is -2.22. The summed E-state index contributed by atoms with van der Waals surface area (Å²) in [6.45, 7) is 1.82. The number of nitrogens with one attached hydrogen (secondary N) is 1. The number of aromatic nitrogens is 2. The van der Waals surface area contributed by atoms with Gasteiger partial charge >= 0.3 is 0 Å². The summed E-state index contributed by atoms with van der Waals surface area (Å²) in [4.78, 5) is 13.5. The van der Waals surface area contributed by atoms with Gasteiger partial charge in [-0.15, -0.1) is 21.5 Å². The molecule has 5 nitrogen and oxygen atoms in total. The molecule has 1 N–H and O–H groups in total. The monoisotopic (exact) mass is 381 g/mol. The lowest BCUT2D eigenvalue weighted by Gasteiger charge is -2.12. The molecular formula is C19H15N3O2S2. The molecule has 4 aromatic rings. The molecule has 0 saturated carbocycles. The van der Waals surface area contributed by atoms with E-state index in [1.807, 2.05) is 66.9 Å². The molecule has 2 aromatic heterocycles. The van der Waals surface area contributed by atoms with Crippen molar-refractivity contribution in [2.75, 3.05) is 5.32 Å². The molecule has 0 saturated heterocycles. The van der Waals surface area contributed by atoms with Crippen LogP contribution in [0.1, 0.15) is 6.92 Å². The van der Waals surface area contributed by atoms with Gasteiger partial charge in [-0.2, -0.15) is 0 Å². The van der Waals surface area contributed by atoms with E-state index in [2.05, 4.69) is 15.5 Å². The van der Waals surface area contributed by atoms with Crippen LogP contribution in [0.3, 0.4) is 0 Å². The number of rotatable bonds is 5. The molecule has 7 heteroatoms. The number of hydrogen-bond acceptors (Lipinski definition) is 6. The maximum atomic E-state index is 12.6. The highest BCUT2D eigenvalue weighted by Crippen LogP contribution is 2.29. The number of hydrogen-bond donors (Lipinski definition) is 1. The molecule has 0 bridgehead atoms. The van der Waals surface area contributed by atoms with E-state index in [9.17, 15) is 4.79 Å². The minimum atomic E-state index is -0.370. The van der Waals surface area contributed by atoms with Crippen molar-refractivity contribution in [1.82, 2.24) is 10.2 Å². The normalized spacial score (nSPS) is 12.2. The van der Waals surface area contributed by atoms with Crippen LogP contribution in [0.5, 0.6) is 0 Å². The van der Waals surface area contributed by atoms with Gasteiger partial charge in [-0.1, -0.05) is 54.2 Å². The van der Waals surface area contributed by atoms with Crippen molar-refractivity contribution in [3.63, 3.8) is 0 Å². The van der Waals surface area contributed by atoms with Gasteiger partial charge < -0.3 is 9.73 Å². The van der Waals surface area contributed by atoms with Crippen molar-refractivity contribution in [1.29, 1.82) is 0 Å². The predicted molar refractivity (Wildman–Crippen MR) is 106 cm³/mol. The zero-order valence-electron chi connectivity index (χ0n) is 13.9. The minimum Gasteiger partial charge on any atom is -0.410 e. The second kappa shape index (κ2) is 7.31. The second-order valence-electron chi connectivity index (χ2n) is 5.63. The van der Waals surface area contributed by atoms with Crippen molar-refractivity contribution >= 4 is 45.5 Å². The molecule has 0 radical (unpaired) electrons. The number of carbonyl (C=O) groups is 1. The van der Waals surface area contributed by atoms with Gasteiger partial charge in [-0.25, -0.2) is 0 Å². The summed E-state index contributed by atoms with van der Waals surface area (Å²) in [5.74, 6) is 0.367. The summed E-state index contributed by atoms with van der Waals surface area (Å²) in [5, 5.41) is 15.1. The van der Waals surface area contributed by atoms with Crippen molar-refractivity contribution in [2.24, 2.45) is 0 Å². The lowest BCUT2D eigenvalue weighted by atomic mass is 10.1. The number of benzene rings is 2. The zero-order valence-corrected chi connectivity index (χ0v) is 15.5. The number of nitrogens with zero attached hydrogens (tertiary/aromatic N) is 2. The summed E-state index contributed by atoms with van der Waals surface area (Å²) in [6, 6.07) is 17.7. The highest BCUT2D eigenvalue weighted by Gasteiger charge is 2.19. The average molecular weight is 381 g/mol.